The summed E-state index contributed by atoms with van der Waals surface area (Å²) in [6.45, 7) is 2.02. The van der Waals surface area contributed by atoms with Gasteiger partial charge in [0.2, 0.25) is 0 Å². The van der Waals surface area contributed by atoms with E-state index in [2.05, 4.69) is 15.5 Å². The number of rotatable bonds is 4. The summed E-state index contributed by atoms with van der Waals surface area (Å²) in [6.07, 6.45) is 4.56. The van der Waals surface area contributed by atoms with Crippen LogP contribution >= 0.6 is 0 Å². The van der Waals surface area contributed by atoms with Crippen LogP contribution in [0.25, 0.3) is 16.7 Å². The van der Waals surface area contributed by atoms with Gasteiger partial charge < -0.3 is 14.8 Å². The molecular weight excluding hydrogens is 304 g/mol. The maximum Gasteiger partial charge on any atom is 0.180 e. The highest BCUT2D eigenvalue weighted by Crippen LogP contribution is 2.26. The smallest absolute Gasteiger partial charge is 0.180 e. The van der Waals surface area contributed by atoms with Gasteiger partial charge in [-0.1, -0.05) is 0 Å². The molecule has 2 heterocycles. The minimum Gasteiger partial charge on any atom is -0.497 e. The first-order valence-electron chi connectivity index (χ1n) is 7.78. The zero-order valence-electron chi connectivity index (χ0n) is 13.6. The Bertz CT molecular complexity index is 891. The maximum atomic E-state index is 5.61. The van der Waals surface area contributed by atoms with Crippen molar-refractivity contribution < 1.29 is 9.47 Å². The Morgan fingerprint density at radius 2 is 1.92 bits per heavy atom. The van der Waals surface area contributed by atoms with Crippen molar-refractivity contribution in [2.24, 2.45) is 0 Å². The molecule has 6 heteroatoms. The van der Waals surface area contributed by atoms with E-state index in [4.69, 9.17) is 9.47 Å². The summed E-state index contributed by atoms with van der Waals surface area (Å²) in [5.41, 5.74) is 3.10. The Labute approximate surface area is 139 Å². The number of fused-ring (bicyclic) bond motifs is 1. The van der Waals surface area contributed by atoms with E-state index in [1.807, 2.05) is 55.5 Å². The van der Waals surface area contributed by atoms with Crippen LogP contribution in [0.5, 0.6) is 5.75 Å². The summed E-state index contributed by atoms with van der Waals surface area (Å²) in [5, 5.41) is 12.5. The second-order valence-corrected chi connectivity index (χ2v) is 5.94. The summed E-state index contributed by atoms with van der Waals surface area (Å²) in [4.78, 5) is 1.63. The number of nitrogens with one attached hydrogen (secondary N) is 1. The zero-order chi connectivity index (χ0) is 16.6. The van der Waals surface area contributed by atoms with Gasteiger partial charge in [0.1, 0.15) is 16.8 Å². The summed E-state index contributed by atoms with van der Waals surface area (Å²) >= 11 is 0. The van der Waals surface area contributed by atoms with Gasteiger partial charge in [-0.2, -0.15) is 4.80 Å². The third kappa shape index (κ3) is 2.67. The molecule has 0 radical (unpaired) electrons. The molecule has 0 amide bonds. The lowest BCUT2D eigenvalue weighted by Crippen LogP contribution is -2.33. The van der Waals surface area contributed by atoms with E-state index in [0.717, 1.165) is 34.6 Å². The molecule has 0 spiro atoms. The third-order valence-electron chi connectivity index (χ3n) is 4.02. The van der Waals surface area contributed by atoms with Crippen LogP contribution in [0, 0.1) is 0 Å². The molecule has 0 saturated carbocycles. The topological polar surface area (TPSA) is 61.2 Å². The average molecular weight is 322 g/mol. The van der Waals surface area contributed by atoms with Gasteiger partial charge in [0.25, 0.3) is 0 Å². The van der Waals surface area contributed by atoms with Gasteiger partial charge in [-0.05, 0) is 55.5 Å². The summed E-state index contributed by atoms with van der Waals surface area (Å²) in [6, 6.07) is 13.6. The van der Waals surface area contributed by atoms with E-state index >= 15 is 0 Å². The fraction of sp³-hybridized carbons (Fsp3) is 0.222. The van der Waals surface area contributed by atoms with Gasteiger partial charge in [0, 0.05) is 12.1 Å². The number of nitrogens with zero attached hydrogens (tertiary/aromatic N) is 3. The number of hydrogen-bond donors (Lipinski definition) is 1. The Morgan fingerprint density at radius 3 is 2.62 bits per heavy atom. The van der Waals surface area contributed by atoms with Crippen molar-refractivity contribution in [1.82, 2.24) is 15.0 Å². The zero-order valence-corrected chi connectivity index (χ0v) is 13.6. The highest BCUT2D eigenvalue weighted by molar-refractivity contribution is 5.78. The minimum absolute atomic E-state index is 0.403. The average Bonchev–Trinajstić information content (AvgIpc) is 3.21. The second kappa shape index (κ2) is 5.56. The standard InChI is InChI=1S/C18H18N4O2/c1-18(10-3-11-24-18)19-13-4-9-16-17(12-13)21-22(20-16)14-5-7-15(23-2)8-6-14/h3-9,11-12,19H,10H2,1-2H3. The molecule has 1 aliphatic rings. The first-order chi connectivity index (χ1) is 11.6. The third-order valence-corrected chi connectivity index (χ3v) is 4.02. The molecule has 122 valence electrons. The Morgan fingerprint density at radius 1 is 1.12 bits per heavy atom. The molecule has 1 unspecified atom stereocenters. The van der Waals surface area contributed by atoms with Gasteiger partial charge in [-0.3, -0.25) is 0 Å². The molecule has 0 aliphatic carbocycles. The molecule has 24 heavy (non-hydrogen) atoms. The van der Waals surface area contributed by atoms with Crippen molar-refractivity contribution in [2.45, 2.75) is 19.1 Å². The molecule has 2 aromatic carbocycles. The number of methoxy groups -OCH3 is 1. The summed E-state index contributed by atoms with van der Waals surface area (Å²) in [7, 11) is 1.65. The van der Waals surface area contributed by atoms with Crippen LogP contribution in [0.2, 0.25) is 0 Å². The van der Waals surface area contributed by atoms with Crippen molar-refractivity contribution >= 4 is 16.7 Å². The summed E-state index contributed by atoms with van der Waals surface area (Å²) in [5.74, 6) is 0.806. The molecule has 0 saturated heterocycles. The van der Waals surface area contributed by atoms with Gasteiger partial charge in [0.05, 0.1) is 19.1 Å². The highest BCUT2D eigenvalue weighted by atomic mass is 16.5. The van der Waals surface area contributed by atoms with Gasteiger partial charge in [-0.15, -0.1) is 10.2 Å². The van der Waals surface area contributed by atoms with E-state index in [1.165, 1.54) is 0 Å². The number of benzene rings is 2. The minimum atomic E-state index is -0.403. The van der Waals surface area contributed by atoms with E-state index in [9.17, 15) is 0 Å². The SMILES string of the molecule is COc1ccc(-n2nc3ccc(NC4(C)CC=CO4)cc3n2)cc1. The lowest BCUT2D eigenvalue weighted by molar-refractivity contribution is 0.0921. The monoisotopic (exact) mass is 322 g/mol. The van der Waals surface area contributed by atoms with Gasteiger partial charge >= 0.3 is 0 Å². The Hall–Kier alpha value is -3.02. The lowest BCUT2D eigenvalue weighted by atomic mass is 10.1. The van der Waals surface area contributed by atoms with Crippen LogP contribution in [0.15, 0.2) is 54.8 Å². The summed E-state index contributed by atoms with van der Waals surface area (Å²) < 4.78 is 10.8. The first-order valence-corrected chi connectivity index (χ1v) is 7.78. The van der Waals surface area contributed by atoms with Crippen molar-refractivity contribution in [2.75, 3.05) is 12.4 Å². The fourth-order valence-corrected chi connectivity index (χ4v) is 2.73. The second-order valence-electron chi connectivity index (χ2n) is 5.94. The van der Waals surface area contributed by atoms with E-state index in [1.54, 1.807) is 18.2 Å². The molecule has 4 rings (SSSR count). The largest absolute Gasteiger partial charge is 0.497 e. The van der Waals surface area contributed by atoms with Crippen LogP contribution in [0.4, 0.5) is 5.69 Å². The highest BCUT2D eigenvalue weighted by Gasteiger charge is 2.26. The van der Waals surface area contributed by atoms with Crippen LogP contribution in [0.1, 0.15) is 13.3 Å². The molecule has 1 atom stereocenters. The van der Waals surface area contributed by atoms with Crippen LogP contribution in [-0.2, 0) is 4.74 Å². The van der Waals surface area contributed by atoms with E-state index in [-0.39, 0.29) is 0 Å². The maximum absolute atomic E-state index is 5.61. The van der Waals surface area contributed by atoms with Crippen LogP contribution < -0.4 is 10.1 Å². The molecular formula is C18H18N4O2. The number of hydrogen-bond acceptors (Lipinski definition) is 5. The quantitative estimate of drug-likeness (QED) is 0.796. The van der Waals surface area contributed by atoms with Gasteiger partial charge in [-0.25, -0.2) is 0 Å². The van der Waals surface area contributed by atoms with Crippen LogP contribution in [-0.4, -0.2) is 27.8 Å². The lowest BCUT2D eigenvalue weighted by Gasteiger charge is -2.26. The fourth-order valence-electron chi connectivity index (χ4n) is 2.73. The van der Waals surface area contributed by atoms with Crippen molar-refractivity contribution in [3.05, 3.63) is 54.8 Å². The number of aromatic nitrogens is 3. The van der Waals surface area contributed by atoms with Crippen molar-refractivity contribution in [3.8, 4) is 11.4 Å². The van der Waals surface area contributed by atoms with E-state index in [0.29, 0.717) is 0 Å². The van der Waals surface area contributed by atoms with Gasteiger partial charge in [0.15, 0.2) is 5.72 Å². The van der Waals surface area contributed by atoms with E-state index < -0.39 is 5.72 Å². The van der Waals surface area contributed by atoms with Crippen molar-refractivity contribution in [1.29, 1.82) is 0 Å². The molecule has 6 nitrogen and oxygen atoms in total. The molecule has 1 aromatic heterocycles. The Kier molecular flexibility index (Phi) is 3.37. The molecule has 1 aliphatic heterocycles. The molecule has 1 N–H and O–H groups in total. The molecule has 0 bridgehead atoms. The number of ether oxygens (including phenoxy) is 2. The normalized spacial score (nSPS) is 19.4. The predicted molar refractivity (Wildman–Crippen MR) is 92.3 cm³/mol. The van der Waals surface area contributed by atoms with Crippen molar-refractivity contribution in [3.63, 3.8) is 0 Å². The van der Waals surface area contributed by atoms with Crippen LogP contribution in [0.3, 0.4) is 0 Å². The predicted octanol–water partition coefficient (Wildman–Crippen LogP) is 3.49. The Balaban J connectivity index is 1.63. The molecule has 3 aromatic rings. The molecule has 0 fully saturated rings. The number of anilines is 1. The first kappa shape index (κ1) is 14.6.